The first kappa shape index (κ1) is 13.7. The number of rotatable bonds is 4. The molecule has 100 valence electrons. The second-order valence-electron chi connectivity index (χ2n) is 4.19. The van der Waals surface area contributed by atoms with Crippen molar-refractivity contribution in [3.05, 3.63) is 35.0 Å². The van der Waals surface area contributed by atoms with Crippen LogP contribution >= 0.6 is 12.6 Å². The van der Waals surface area contributed by atoms with Crippen LogP contribution in [-0.4, -0.2) is 29.1 Å². The largest absolute Gasteiger partial charge is 0.462 e. The van der Waals surface area contributed by atoms with Gasteiger partial charge in [0.15, 0.2) is 5.78 Å². The molecule has 0 atom stereocenters. The molecule has 0 aliphatic carbocycles. The Kier molecular flexibility index (Phi) is 3.95. The van der Waals surface area contributed by atoms with Gasteiger partial charge < -0.3 is 9.72 Å². The van der Waals surface area contributed by atoms with Crippen LogP contribution in [-0.2, 0) is 4.74 Å². The van der Waals surface area contributed by atoms with Crippen LogP contribution in [0, 0.1) is 6.92 Å². The van der Waals surface area contributed by atoms with Gasteiger partial charge in [0, 0.05) is 10.9 Å². The molecule has 0 saturated heterocycles. The van der Waals surface area contributed by atoms with E-state index in [1.807, 2.05) is 6.92 Å². The van der Waals surface area contributed by atoms with Crippen LogP contribution in [0.1, 0.15) is 33.3 Å². The third kappa shape index (κ3) is 2.51. The molecule has 0 bridgehead atoms. The molecular weight excluding hydrogens is 262 g/mol. The van der Waals surface area contributed by atoms with E-state index in [2.05, 4.69) is 17.6 Å². The number of H-pyrrole nitrogens is 1. The van der Waals surface area contributed by atoms with Crippen LogP contribution in [0.5, 0.6) is 0 Å². The average Bonchev–Trinajstić information content (AvgIpc) is 2.75. The van der Waals surface area contributed by atoms with Crippen LogP contribution in [0.4, 0.5) is 0 Å². The molecule has 5 heteroatoms. The van der Waals surface area contributed by atoms with Crippen molar-refractivity contribution in [3.63, 3.8) is 0 Å². The zero-order valence-corrected chi connectivity index (χ0v) is 11.7. The fourth-order valence-corrected chi connectivity index (χ4v) is 2.18. The summed E-state index contributed by atoms with van der Waals surface area (Å²) >= 11 is 3.99. The molecule has 0 spiro atoms. The van der Waals surface area contributed by atoms with Crippen molar-refractivity contribution in [2.75, 3.05) is 12.4 Å². The molecule has 4 nitrogen and oxygen atoms in total. The highest BCUT2D eigenvalue weighted by Gasteiger charge is 2.15. The Morgan fingerprint density at radius 2 is 2.11 bits per heavy atom. The number of carbonyl (C=O) groups excluding carboxylic acids is 2. The first-order valence-corrected chi connectivity index (χ1v) is 6.65. The van der Waals surface area contributed by atoms with Gasteiger partial charge in [-0.15, -0.1) is 0 Å². The fourth-order valence-electron chi connectivity index (χ4n) is 2.03. The molecule has 1 aromatic carbocycles. The Morgan fingerprint density at radius 1 is 1.37 bits per heavy atom. The van der Waals surface area contributed by atoms with E-state index in [9.17, 15) is 9.59 Å². The standard InChI is InChI=1S/C14H15NO3S/c1-3-18-14(17)9-4-5-11-10(6-9)8(2)13(15-11)12(16)7-19/h4-6,15,19H,3,7H2,1-2H3. The zero-order valence-electron chi connectivity index (χ0n) is 10.8. The van der Waals surface area contributed by atoms with Gasteiger partial charge in [-0.3, -0.25) is 4.79 Å². The second-order valence-corrected chi connectivity index (χ2v) is 4.50. The summed E-state index contributed by atoms with van der Waals surface area (Å²) in [5, 5.41) is 0.857. The topological polar surface area (TPSA) is 59.2 Å². The molecule has 0 amide bonds. The number of aromatic nitrogens is 1. The van der Waals surface area contributed by atoms with Gasteiger partial charge in [-0.1, -0.05) is 0 Å². The van der Waals surface area contributed by atoms with Gasteiger partial charge in [-0.25, -0.2) is 4.79 Å². The average molecular weight is 277 g/mol. The number of nitrogens with one attached hydrogen (secondary N) is 1. The summed E-state index contributed by atoms with van der Waals surface area (Å²) in [6.45, 7) is 3.96. The number of fused-ring (bicyclic) bond motifs is 1. The van der Waals surface area contributed by atoms with Gasteiger partial charge >= 0.3 is 5.97 Å². The number of ketones is 1. The van der Waals surface area contributed by atoms with Crippen molar-refractivity contribution in [2.45, 2.75) is 13.8 Å². The minimum absolute atomic E-state index is 0.0604. The molecule has 1 N–H and O–H groups in total. The number of aromatic amines is 1. The molecule has 1 aromatic heterocycles. The molecule has 2 aromatic rings. The Bertz CT molecular complexity index is 645. The lowest BCUT2D eigenvalue weighted by Gasteiger charge is -2.01. The maximum atomic E-state index is 11.7. The maximum Gasteiger partial charge on any atom is 0.338 e. The number of hydrogen-bond acceptors (Lipinski definition) is 4. The number of Topliss-reactive ketones (excluding diaryl/α,β-unsaturated/α-hetero) is 1. The maximum absolute atomic E-state index is 11.7. The lowest BCUT2D eigenvalue weighted by molar-refractivity contribution is 0.0526. The van der Waals surface area contributed by atoms with Crippen LogP contribution in [0.25, 0.3) is 10.9 Å². The lowest BCUT2D eigenvalue weighted by atomic mass is 10.1. The van der Waals surface area contributed by atoms with Gasteiger partial charge in [0.1, 0.15) is 0 Å². The number of esters is 1. The summed E-state index contributed by atoms with van der Waals surface area (Å²) < 4.78 is 4.96. The van der Waals surface area contributed by atoms with E-state index < -0.39 is 0 Å². The molecule has 2 rings (SSSR count). The van der Waals surface area contributed by atoms with Crippen LogP contribution in [0.2, 0.25) is 0 Å². The van der Waals surface area contributed by atoms with Gasteiger partial charge in [-0.05, 0) is 37.6 Å². The Hall–Kier alpha value is -1.75. The van der Waals surface area contributed by atoms with E-state index in [0.29, 0.717) is 17.9 Å². The normalized spacial score (nSPS) is 10.7. The van der Waals surface area contributed by atoms with Gasteiger partial charge in [0.2, 0.25) is 0 Å². The quantitative estimate of drug-likeness (QED) is 0.513. The SMILES string of the molecule is CCOC(=O)c1ccc2[nH]c(C(=O)CS)c(C)c2c1. The first-order chi connectivity index (χ1) is 9.08. The molecule has 0 saturated carbocycles. The molecule has 0 aliphatic heterocycles. The predicted octanol–water partition coefficient (Wildman–Crippen LogP) is 2.77. The number of hydrogen-bond donors (Lipinski definition) is 2. The molecule has 0 fully saturated rings. The van der Waals surface area contributed by atoms with Gasteiger partial charge in [0.25, 0.3) is 0 Å². The molecule has 19 heavy (non-hydrogen) atoms. The van der Waals surface area contributed by atoms with E-state index >= 15 is 0 Å². The third-order valence-corrected chi connectivity index (χ3v) is 3.28. The summed E-state index contributed by atoms with van der Waals surface area (Å²) in [7, 11) is 0. The highest BCUT2D eigenvalue weighted by molar-refractivity contribution is 7.81. The number of thiol groups is 1. The minimum Gasteiger partial charge on any atom is -0.462 e. The van der Waals surface area contributed by atoms with Crippen molar-refractivity contribution in [1.29, 1.82) is 0 Å². The van der Waals surface area contributed by atoms with E-state index in [1.165, 1.54) is 0 Å². The lowest BCUT2D eigenvalue weighted by Crippen LogP contribution is -2.04. The van der Waals surface area contributed by atoms with Crippen molar-refractivity contribution >= 4 is 35.3 Å². The molecule has 0 unspecified atom stereocenters. The number of benzene rings is 1. The van der Waals surface area contributed by atoms with Crippen molar-refractivity contribution < 1.29 is 14.3 Å². The Morgan fingerprint density at radius 3 is 2.74 bits per heavy atom. The van der Waals surface area contributed by atoms with Crippen LogP contribution in [0.3, 0.4) is 0 Å². The molecule has 0 aliphatic rings. The third-order valence-electron chi connectivity index (χ3n) is 2.99. The molecule has 0 radical (unpaired) electrons. The van der Waals surface area contributed by atoms with Crippen LogP contribution in [0.15, 0.2) is 18.2 Å². The smallest absolute Gasteiger partial charge is 0.338 e. The second kappa shape index (κ2) is 5.48. The van der Waals surface area contributed by atoms with E-state index in [-0.39, 0.29) is 17.5 Å². The number of carbonyl (C=O) groups is 2. The Balaban J connectivity index is 2.51. The van der Waals surface area contributed by atoms with E-state index in [4.69, 9.17) is 4.74 Å². The summed E-state index contributed by atoms with van der Waals surface area (Å²) in [5.41, 5.74) is 2.70. The number of aryl methyl sites for hydroxylation is 1. The van der Waals surface area contributed by atoms with Crippen molar-refractivity contribution in [2.24, 2.45) is 0 Å². The predicted molar refractivity (Wildman–Crippen MR) is 77.2 cm³/mol. The van der Waals surface area contributed by atoms with E-state index in [1.54, 1.807) is 25.1 Å². The highest BCUT2D eigenvalue weighted by atomic mass is 32.1. The monoisotopic (exact) mass is 277 g/mol. The molecule has 1 heterocycles. The van der Waals surface area contributed by atoms with Gasteiger partial charge in [-0.2, -0.15) is 12.6 Å². The van der Waals surface area contributed by atoms with E-state index in [0.717, 1.165) is 16.5 Å². The summed E-state index contributed by atoms with van der Waals surface area (Å²) in [6, 6.07) is 5.21. The summed E-state index contributed by atoms with van der Waals surface area (Å²) in [4.78, 5) is 26.5. The highest BCUT2D eigenvalue weighted by Crippen LogP contribution is 2.24. The fraction of sp³-hybridized carbons (Fsp3) is 0.286. The summed E-state index contributed by atoms with van der Waals surface area (Å²) in [5.74, 6) is -0.264. The molecular formula is C14H15NO3S. The van der Waals surface area contributed by atoms with Crippen molar-refractivity contribution in [1.82, 2.24) is 4.98 Å². The van der Waals surface area contributed by atoms with Crippen LogP contribution < -0.4 is 0 Å². The van der Waals surface area contributed by atoms with Crippen molar-refractivity contribution in [3.8, 4) is 0 Å². The zero-order chi connectivity index (χ0) is 14.0. The first-order valence-electron chi connectivity index (χ1n) is 6.02. The number of ether oxygens (including phenoxy) is 1. The summed E-state index contributed by atoms with van der Waals surface area (Å²) in [6.07, 6.45) is 0. The Labute approximate surface area is 116 Å². The van der Waals surface area contributed by atoms with Gasteiger partial charge in [0.05, 0.1) is 23.6 Å². The minimum atomic E-state index is -0.355.